The summed E-state index contributed by atoms with van der Waals surface area (Å²) < 4.78 is 15.5. The van der Waals surface area contributed by atoms with E-state index < -0.39 is 29.9 Å². The van der Waals surface area contributed by atoms with Gasteiger partial charge in [-0.1, -0.05) is 6.92 Å². The third kappa shape index (κ3) is 3.85. The lowest BCUT2D eigenvalue weighted by molar-refractivity contribution is -0.172. The van der Waals surface area contributed by atoms with Crippen LogP contribution in [0.5, 0.6) is 0 Å². The van der Waals surface area contributed by atoms with Crippen molar-refractivity contribution >= 4 is 12.1 Å². The van der Waals surface area contributed by atoms with Crippen molar-refractivity contribution in [2.24, 2.45) is 5.92 Å². The first-order valence-electron chi connectivity index (χ1n) is 6.83. The highest BCUT2D eigenvalue weighted by Crippen LogP contribution is 2.30. The van der Waals surface area contributed by atoms with Crippen LogP contribution >= 0.6 is 0 Å². The molecule has 0 radical (unpaired) electrons. The second-order valence-corrected chi connectivity index (χ2v) is 6.11. The van der Waals surface area contributed by atoms with Crippen LogP contribution in [0, 0.1) is 5.92 Å². The molecule has 6 nitrogen and oxygen atoms in total. The number of rotatable bonds is 2. The molecule has 0 bridgehead atoms. The highest BCUT2D eigenvalue weighted by molar-refractivity contribution is 5.82. The van der Waals surface area contributed by atoms with Crippen LogP contribution in [0.1, 0.15) is 40.5 Å². The largest absolute Gasteiger partial charge is 0.458 e. The molecule has 0 aliphatic carbocycles. The van der Waals surface area contributed by atoms with Crippen molar-refractivity contribution in [1.82, 2.24) is 4.90 Å². The molecule has 1 amide bonds. The number of esters is 1. The number of nitrogens with zero attached hydrogens (tertiary/aromatic N) is 1. The molecule has 2 unspecified atom stereocenters. The van der Waals surface area contributed by atoms with E-state index in [1.165, 1.54) is 19.1 Å². The lowest BCUT2D eigenvalue weighted by atomic mass is 9.92. The van der Waals surface area contributed by atoms with Crippen LogP contribution in [-0.2, 0) is 19.0 Å². The van der Waals surface area contributed by atoms with Gasteiger partial charge in [0.25, 0.3) is 0 Å². The van der Waals surface area contributed by atoms with E-state index in [0.29, 0.717) is 6.42 Å². The quantitative estimate of drug-likeness (QED) is 0.728. The lowest BCUT2D eigenvalue weighted by Crippen LogP contribution is -2.57. The normalized spacial score (nSPS) is 27.1. The van der Waals surface area contributed by atoms with Crippen LogP contribution in [0.15, 0.2) is 0 Å². The van der Waals surface area contributed by atoms with E-state index in [1.54, 1.807) is 20.8 Å². The number of carbonyl (C=O) groups excluding carboxylic acids is 2. The fourth-order valence-electron chi connectivity index (χ4n) is 2.44. The molecule has 0 aromatic heterocycles. The molecule has 1 rings (SSSR count). The minimum atomic E-state index is -0.664. The van der Waals surface area contributed by atoms with E-state index in [1.807, 2.05) is 6.92 Å². The zero-order valence-electron chi connectivity index (χ0n) is 13.1. The molecule has 1 aliphatic rings. The molecule has 20 heavy (non-hydrogen) atoms. The molecule has 0 aromatic carbocycles. The molecule has 1 saturated heterocycles. The molecule has 6 heteroatoms. The van der Waals surface area contributed by atoms with Crippen molar-refractivity contribution in [2.75, 3.05) is 14.2 Å². The maximum atomic E-state index is 12.3. The topological polar surface area (TPSA) is 65.1 Å². The molecule has 0 spiro atoms. The smallest absolute Gasteiger partial charge is 0.412 e. The van der Waals surface area contributed by atoms with Gasteiger partial charge in [-0.2, -0.15) is 0 Å². The van der Waals surface area contributed by atoms with Gasteiger partial charge in [0.1, 0.15) is 17.9 Å². The Hall–Kier alpha value is -1.30. The summed E-state index contributed by atoms with van der Waals surface area (Å²) in [6, 6.07) is -0.664. The van der Waals surface area contributed by atoms with E-state index in [0.717, 1.165) is 6.42 Å². The van der Waals surface area contributed by atoms with Crippen LogP contribution in [0.3, 0.4) is 0 Å². The zero-order valence-corrected chi connectivity index (χ0v) is 13.1. The Morgan fingerprint density at radius 2 is 1.75 bits per heavy atom. The van der Waals surface area contributed by atoms with Crippen LogP contribution in [0.25, 0.3) is 0 Å². The Morgan fingerprint density at radius 1 is 1.15 bits per heavy atom. The number of hydrogen-bond acceptors (Lipinski definition) is 5. The predicted molar refractivity (Wildman–Crippen MR) is 73.1 cm³/mol. The second-order valence-electron chi connectivity index (χ2n) is 6.11. The Bertz CT molecular complexity index is 363. The van der Waals surface area contributed by atoms with E-state index in [2.05, 4.69) is 0 Å². The number of ether oxygens (including phenoxy) is 3. The predicted octanol–water partition coefficient (Wildman–Crippen LogP) is 2.17. The summed E-state index contributed by atoms with van der Waals surface area (Å²) >= 11 is 0. The monoisotopic (exact) mass is 287 g/mol. The SMILES string of the molecule is COC(=O)N1C(OC)C(C)CC[C@H]1C(=O)OC(C)(C)C. The highest BCUT2D eigenvalue weighted by atomic mass is 16.6. The summed E-state index contributed by atoms with van der Waals surface area (Å²) in [7, 11) is 2.81. The van der Waals surface area contributed by atoms with E-state index in [9.17, 15) is 9.59 Å². The first-order chi connectivity index (χ1) is 9.21. The Labute approximate surface area is 120 Å². The van der Waals surface area contributed by atoms with Gasteiger partial charge in [0.2, 0.25) is 0 Å². The van der Waals surface area contributed by atoms with Crippen LogP contribution in [-0.4, -0.2) is 49.1 Å². The van der Waals surface area contributed by atoms with Gasteiger partial charge >= 0.3 is 12.1 Å². The van der Waals surface area contributed by atoms with Gasteiger partial charge in [-0.3, -0.25) is 4.90 Å². The first kappa shape index (κ1) is 16.8. The molecular formula is C14H25NO5. The fraction of sp³-hybridized carbons (Fsp3) is 0.857. The minimum absolute atomic E-state index is 0.137. The maximum Gasteiger partial charge on any atom is 0.412 e. The standard InChI is InChI=1S/C14H25NO5/c1-9-7-8-10(12(16)20-14(2,3)4)15(11(9)18-5)13(17)19-6/h9-11H,7-8H2,1-6H3/t9?,10-,11?/m0/s1. The number of likely N-dealkylation sites (tertiary alicyclic amines) is 1. The third-order valence-electron chi connectivity index (χ3n) is 3.30. The molecule has 0 aromatic rings. The first-order valence-corrected chi connectivity index (χ1v) is 6.83. The molecule has 1 heterocycles. The average molecular weight is 287 g/mol. The Morgan fingerprint density at radius 3 is 2.20 bits per heavy atom. The number of carbonyl (C=O) groups is 2. The molecule has 116 valence electrons. The van der Waals surface area contributed by atoms with Crippen molar-refractivity contribution in [3.05, 3.63) is 0 Å². The molecule has 0 saturated carbocycles. The molecule has 1 fully saturated rings. The molecule has 3 atom stereocenters. The van der Waals surface area contributed by atoms with E-state index >= 15 is 0 Å². The van der Waals surface area contributed by atoms with Gasteiger partial charge in [-0.05, 0) is 33.6 Å². The second kappa shape index (κ2) is 6.43. The lowest BCUT2D eigenvalue weighted by Gasteiger charge is -2.42. The number of amides is 1. The van der Waals surface area contributed by atoms with Gasteiger partial charge in [-0.25, -0.2) is 9.59 Å². The maximum absolute atomic E-state index is 12.3. The molecular weight excluding hydrogens is 262 g/mol. The van der Waals surface area contributed by atoms with Gasteiger partial charge in [0.05, 0.1) is 7.11 Å². The summed E-state index contributed by atoms with van der Waals surface area (Å²) in [6.45, 7) is 7.38. The van der Waals surface area contributed by atoms with Gasteiger partial charge in [0, 0.05) is 13.0 Å². The van der Waals surface area contributed by atoms with Crippen molar-refractivity contribution in [3.8, 4) is 0 Å². The summed E-state index contributed by atoms with van der Waals surface area (Å²) in [5.74, 6) is -0.283. The fourth-order valence-corrected chi connectivity index (χ4v) is 2.44. The minimum Gasteiger partial charge on any atom is -0.458 e. The van der Waals surface area contributed by atoms with Crippen LogP contribution in [0.4, 0.5) is 4.79 Å². The van der Waals surface area contributed by atoms with Crippen LogP contribution in [0.2, 0.25) is 0 Å². The zero-order chi connectivity index (χ0) is 15.5. The number of methoxy groups -OCH3 is 2. The van der Waals surface area contributed by atoms with Gasteiger partial charge in [0.15, 0.2) is 0 Å². The molecule has 0 N–H and O–H groups in total. The van der Waals surface area contributed by atoms with E-state index in [4.69, 9.17) is 14.2 Å². The number of hydrogen-bond donors (Lipinski definition) is 0. The summed E-state index contributed by atoms with van der Waals surface area (Å²) in [4.78, 5) is 25.6. The summed E-state index contributed by atoms with van der Waals surface area (Å²) in [5, 5.41) is 0. The molecule has 1 aliphatic heterocycles. The Balaban J connectivity index is 2.97. The van der Waals surface area contributed by atoms with Crippen molar-refractivity contribution in [1.29, 1.82) is 0 Å². The highest BCUT2D eigenvalue weighted by Gasteiger charge is 2.44. The third-order valence-corrected chi connectivity index (χ3v) is 3.30. The number of piperidine rings is 1. The van der Waals surface area contributed by atoms with Gasteiger partial charge < -0.3 is 14.2 Å². The summed E-state index contributed by atoms with van der Waals surface area (Å²) in [6.07, 6.45) is 0.286. The average Bonchev–Trinajstić information content (AvgIpc) is 2.35. The van der Waals surface area contributed by atoms with Crippen molar-refractivity contribution < 1.29 is 23.8 Å². The van der Waals surface area contributed by atoms with Crippen molar-refractivity contribution in [2.45, 2.75) is 58.4 Å². The van der Waals surface area contributed by atoms with E-state index in [-0.39, 0.29) is 5.92 Å². The van der Waals surface area contributed by atoms with Crippen LogP contribution < -0.4 is 0 Å². The summed E-state index contributed by atoms with van der Waals surface area (Å²) in [5.41, 5.74) is -0.593. The Kier molecular flexibility index (Phi) is 5.39. The van der Waals surface area contributed by atoms with Crippen molar-refractivity contribution in [3.63, 3.8) is 0 Å². The van der Waals surface area contributed by atoms with Gasteiger partial charge in [-0.15, -0.1) is 0 Å².